The summed E-state index contributed by atoms with van der Waals surface area (Å²) >= 11 is 0. The SMILES string of the molecule is CCOC1CC(N2C(C(=O)O)CC3CCCCC32)C1. The smallest absolute Gasteiger partial charge is 0.320 e. The molecule has 0 radical (unpaired) electrons. The van der Waals surface area contributed by atoms with E-state index in [-0.39, 0.29) is 6.04 Å². The number of carboxylic acid groups (broad SMARTS) is 1. The topological polar surface area (TPSA) is 49.8 Å². The molecule has 0 aromatic rings. The van der Waals surface area contributed by atoms with Crippen molar-refractivity contribution in [3.63, 3.8) is 0 Å². The minimum atomic E-state index is -0.616. The zero-order chi connectivity index (χ0) is 13.4. The van der Waals surface area contributed by atoms with Crippen LogP contribution in [0.15, 0.2) is 0 Å². The van der Waals surface area contributed by atoms with E-state index in [1.54, 1.807) is 0 Å². The summed E-state index contributed by atoms with van der Waals surface area (Å²) in [6.07, 6.45) is 8.28. The zero-order valence-electron chi connectivity index (χ0n) is 11.8. The second kappa shape index (κ2) is 5.41. The normalized spacial score (nSPS) is 42.7. The maximum Gasteiger partial charge on any atom is 0.320 e. The van der Waals surface area contributed by atoms with Crippen LogP contribution in [0.4, 0.5) is 0 Å². The van der Waals surface area contributed by atoms with Crippen molar-refractivity contribution in [3.05, 3.63) is 0 Å². The van der Waals surface area contributed by atoms with E-state index in [0.717, 1.165) is 25.9 Å². The summed E-state index contributed by atoms with van der Waals surface area (Å²) in [4.78, 5) is 13.9. The Morgan fingerprint density at radius 1 is 1.26 bits per heavy atom. The highest BCUT2D eigenvalue weighted by Crippen LogP contribution is 2.44. The number of rotatable bonds is 4. The van der Waals surface area contributed by atoms with Crippen LogP contribution in [-0.4, -0.2) is 46.8 Å². The van der Waals surface area contributed by atoms with Gasteiger partial charge in [0.05, 0.1) is 6.10 Å². The highest BCUT2D eigenvalue weighted by atomic mass is 16.5. The molecule has 3 unspecified atom stereocenters. The number of ether oxygens (including phenoxy) is 1. The summed E-state index contributed by atoms with van der Waals surface area (Å²) in [5.74, 6) is 0.00949. The molecular weight excluding hydrogens is 242 g/mol. The molecule has 0 aromatic heterocycles. The first-order valence-electron chi connectivity index (χ1n) is 7.82. The lowest BCUT2D eigenvalue weighted by Gasteiger charge is -2.46. The Balaban J connectivity index is 1.68. The van der Waals surface area contributed by atoms with Gasteiger partial charge < -0.3 is 9.84 Å². The summed E-state index contributed by atoms with van der Waals surface area (Å²) in [5, 5.41) is 9.50. The van der Waals surface area contributed by atoms with E-state index in [1.807, 2.05) is 6.92 Å². The van der Waals surface area contributed by atoms with Crippen molar-refractivity contribution in [1.82, 2.24) is 4.90 Å². The predicted molar refractivity (Wildman–Crippen MR) is 72.1 cm³/mol. The Kier molecular flexibility index (Phi) is 3.81. The fraction of sp³-hybridized carbons (Fsp3) is 0.933. The van der Waals surface area contributed by atoms with Crippen molar-refractivity contribution in [1.29, 1.82) is 0 Å². The maximum absolute atomic E-state index is 11.5. The van der Waals surface area contributed by atoms with Gasteiger partial charge in [0.25, 0.3) is 0 Å². The molecule has 1 N–H and O–H groups in total. The molecule has 1 heterocycles. The first kappa shape index (κ1) is 13.4. The second-order valence-corrected chi connectivity index (χ2v) is 6.35. The molecule has 2 aliphatic carbocycles. The molecular formula is C15H25NO3. The van der Waals surface area contributed by atoms with Gasteiger partial charge in [-0.3, -0.25) is 9.69 Å². The molecule has 3 atom stereocenters. The summed E-state index contributed by atoms with van der Waals surface area (Å²) in [6.45, 7) is 2.80. The van der Waals surface area contributed by atoms with E-state index in [1.165, 1.54) is 25.7 Å². The van der Waals surface area contributed by atoms with E-state index in [4.69, 9.17) is 4.74 Å². The lowest BCUT2D eigenvalue weighted by Crippen LogP contribution is -2.55. The fourth-order valence-electron chi connectivity index (χ4n) is 4.40. The molecule has 0 spiro atoms. The molecule has 0 amide bonds. The average Bonchev–Trinajstić information content (AvgIpc) is 2.72. The largest absolute Gasteiger partial charge is 0.480 e. The molecule has 0 aromatic carbocycles. The van der Waals surface area contributed by atoms with Gasteiger partial charge in [-0.25, -0.2) is 0 Å². The van der Waals surface area contributed by atoms with Crippen molar-refractivity contribution in [2.75, 3.05) is 6.61 Å². The minimum Gasteiger partial charge on any atom is -0.480 e. The van der Waals surface area contributed by atoms with E-state index in [9.17, 15) is 9.90 Å². The Morgan fingerprint density at radius 2 is 2.00 bits per heavy atom. The summed E-state index contributed by atoms with van der Waals surface area (Å²) < 4.78 is 5.63. The number of hydrogen-bond donors (Lipinski definition) is 1. The van der Waals surface area contributed by atoms with Crippen LogP contribution in [0.25, 0.3) is 0 Å². The Hall–Kier alpha value is -0.610. The van der Waals surface area contributed by atoms with Gasteiger partial charge in [0.2, 0.25) is 0 Å². The molecule has 3 fully saturated rings. The summed E-state index contributed by atoms with van der Waals surface area (Å²) in [6, 6.07) is 0.744. The van der Waals surface area contributed by atoms with Gasteiger partial charge in [-0.15, -0.1) is 0 Å². The number of carboxylic acids is 1. The van der Waals surface area contributed by atoms with Crippen LogP contribution < -0.4 is 0 Å². The van der Waals surface area contributed by atoms with Crippen molar-refractivity contribution in [2.45, 2.75) is 76.1 Å². The van der Waals surface area contributed by atoms with Crippen LogP contribution in [0.3, 0.4) is 0 Å². The number of hydrogen-bond acceptors (Lipinski definition) is 3. The quantitative estimate of drug-likeness (QED) is 0.849. The Bertz CT molecular complexity index is 340. The van der Waals surface area contributed by atoms with Crippen molar-refractivity contribution >= 4 is 5.97 Å². The van der Waals surface area contributed by atoms with Gasteiger partial charge in [0.1, 0.15) is 6.04 Å². The minimum absolute atomic E-state index is 0.235. The van der Waals surface area contributed by atoms with Crippen molar-refractivity contribution < 1.29 is 14.6 Å². The van der Waals surface area contributed by atoms with Gasteiger partial charge in [0, 0.05) is 18.7 Å². The molecule has 4 heteroatoms. The Morgan fingerprint density at radius 3 is 2.68 bits per heavy atom. The van der Waals surface area contributed by atoms with E-state index < -0.39 is 5.97 Å². The Labute approximate surface area is 115 Å². The standard InChI is InChI=1S/C15H25NO3/c1-2-19-12-8-11(9-12)16-13-6-4-3-5-10(13)7-14(16)15(17)18/h10-14H,2-9H2,1H3,(H,17,18). The maximum atomic E-state index is 11.5. The third kappa shape index (κ3) is 2.40. The number of aliphatic carboxylic acids is 1. The fourth-order valence-corrected chi connectivity index (χ4v) is 4.40. The van der Waals surface area contributed by atoms with Crippen LogP contribution in [0.5, 0.6) is 0 Å². The zero-order valence-corrected chi connectivity index (χ0v) is 11.8. The van der Waals surface area contributed by atoms with E-state index >= 15 is 0 Å². The lowest BCUT2D eigenvalue weighted by atomic mass is 9.82. The molecule has 19 heavy (non-hydrogen) atoms. The third-order valence-electron chi connectivity index (χ3n) is 5.32. The molecule has 3 rings (SSSR count). The van der Waals surface area contributed by atoms with Crippen molar-refractivity contribution in [2.24, 2.45) is 5.92 Å². The molecule has 4 nitrogen and oxygen atoms in total. The lowest BCUT2D eigenvalue weighted by molar-refractivity contribution is -0.146. The summed E-state index contributed by atoms with van der Waals surface area (Å²) in [7, 11) is 0. The van der Waals surface area contributed by atoms with Gasteiger partial charge in [-0.2, -0.15) is 0 Å². The monoisotopic (exact) mass is 267 g/mol. The van der Waals surface area contributed by atoms with Gasteiger partial charge in [0.15, 0.2) is 0 Å². The molecule has 108 valence electrons. The third-order valence-corrected chi connectivity index (χ3v) is 5.32. The number of likely N-dealkylation sites (tertiary alicyclic amines) is 1. The van der Waals surface area contributed by atoms with Gasteiger partial charge in [-0.1, -0.05) is 12.8 Å². The summed E-state index contributed by atoms with van der Waals surface area (Å²) in [5.41, 5.74) is 0. The van der Waals surface area contributed by atoms with E-state index in [2.05, 4.69) is 4.90 Å². The van der Waals surface area contributed by atoms with Gasteiger partial charge in [-0.05, 0) is 44.9 Å². The van der Waals surface area contributed by atoms with Crippen LogP contribution in [0, 0.1) is 5.92 Å². The molecule has 1 saturated heterocycles. The predicted octanol–water partition coefficient (Wildman–Crippen LogP) is 2.27. The first-order valence-corrected chi connectivity index (χ1v) is 7.82. The van der Waals surface area contributed by atoms with Gasteiger partial charge >= 0.3 is 5.97 Å². The van der Waals surface area contributed by atoms with Crippen molar-refractivity contribution in [3.8, 4) is 0 Å². The molecule has 2 saturated carbocycles. The number of carbonyl (C=O) groups is 1. The molecule has 1 aliphatic heterocycles. The first-order chi connectivity index (χ1) is 9.20. The number of nitrogens with zero attached hydrogens (tertiary/aromatic N) is 1. The van der Waals surface area contributed by atoms with Crippen LogP contribution in [0.1, 0.15) is 51.9 Å². The van der Waals surface area contributed by atoms with Crippen LogP contribution in [0.2, 0.25) is 0 Å². The van der Waals surface area contributed by atoms with E-state index in [0.29, 0.717) is 24.1 Å². The van der Waals surface area contributed by atoms with Crippen LogP contribution in [-0.2, 0) is 9.53 Å². The average molecular weight is 267 g/mol. The molecule has 0 bridgehead atoms. The highest BCUT2D eigenvalue weighted by Gasteiger charge is 2.50. The highest BCUT2D eigenvalue weighted by molar-refractivity contribution is 5.74. The van der Waals surface area contributed by atoms with Crippen LogP contribution >= 0.6 is 0 Å². The number of fused-ring (bicyclic) bond motifs is 1. The molecule has 3 aliphatic rings. The second-order valence-electron chi connectivity index (χ2n) is 6.35.